The number of nitrogens with zero attached hydrogens (tertiary/aromatic N) is 3. The van der Waals surface area contributed by atoms with Crippen LogP contribution in [0.2, 0.25) is 10.0 Å². The van der Waals surface area contributed by atoms with Crippen LogP contribution in [0, 0.1) is 10.1 Å². The van der Waals surface area contributed by atoms with Crippen LogP contribution >= 0.6 is 23.2 Å². The van der Waals surface area contributed by atoms with Gasteiger partial charge in [0.05, 0.1) is 15.5 Å². The van der Waals surface area contributed by atoms with E-state index in [0.29, 0.717) is 10.6 Å². The van der Waals surface area contributed by atoms with Crippen LogP contribution in [0.3, 0.4) is 0 Å². The molecule has 1 atom stereocenters. The van der Waals surface area contributed by atoms with Gasteiger partial charge < -0.3 is 10.2 Å². The van der Waals surface area contributed by atoms with Crippen LogP contribution in [0.1, 0.15) is 36.8 Å². The van der Waals surface area contributed by atoms with Crippen LogP contribution in [-0.2, 0) is 32.6 Å². The first-order chi connectivity index (χ1) is 23.0. The number of hydrogen-bond donors (Lipinski definition) is 1. The van der Waals surface area contributed by atoms with Gasteiger partial charge in [0.1, 0.15) is 12.6 Å². The molecule has 0 spiro atoms. The summed E-state index contributed by atoms with van der Waals surface area (Å²) < 4.78 is 29.1. The summed E-state index contributed by atoms with van der Waals surface area (Å²) in [5.41, 5.74) is 1.10. The molecule has 1 saturated carbocycles. The van der Waals surface area contributed by atoms with E-state index in [1.54, 1.807) is 30.3 Å². The summed E-state index contributed by atoms with van der Waals surface area (Å²) in [4.78, 5) is 40.7. The number of hydrogen-bond acceptors (Lipinski definition) is 6. The largest absolute Gasteiger partial charge is 0.352 e. The number of sulfonamides is 1. The van der Waals surface area contributed by atoms with Gasteiger partial charge in [-0.2, -0.15) is 0 Å². The van der Waals surface area contributed by atoms with Gasteiger partial charge in [-0.3, -0.25) is 24.0 Å². The zero-order chi connectivity index (χ0) is 34.3. The number of carbonyl (C=O) groups excluding carboxylic acids is 2. The molecule has 0 aromatic heterocycles. The van der Waals surface area contributed by atoms with E-state index < -0.39 is 33.4 Å². The minimum atomic E-state index is -4.35. The standard InChI is InChI=1S/C35H34Cl2N4O6S/c36-27-16-15-26(32(37)22-27)23-39(33(21-25-9-3-1-4-10-25)35(43)38-28-11-7-8-12-28)34(42)24-40(29-17-19-30(20-18-29)41(44)45)48(46,47)31-13-5-2-6-14-31/h1-6,9-10,13-20,22,28,33H,7-8,11-12,21,23-24H2,(H,38,43). The van der Waals surface area contributed by atoms with Crippen LogP contribution in [0.4, 0.5) is 11.4 Å². The molecular weight excluding hydrogens is 675 g/mol. The van der Waals surface area contributed by atoms with Crippen molar-refractivity contribution in [2.45, 2.75) is 55.6 Å². The average Bonchev–Trinajstić information content (AvgIpc) is 3.60. The number of carbonyl (C=O) groups is 2. The molecule has 4 aromatic carbocycles. The minimum absolute atomic E-state index is 0.0392. The van der Waals surface area contributed by atoms with E-state index in [9.17, 15) is 28.1 Å². The molecule has 0 radical (unpaired) electrons. The van der Waals surface area contributed by atoms with Crippen LogP contribution in [0.5, 0.6) is 0 Å². The van der Waals surface area contributed by atoms with E-state index in [1.807, 2.05) is 30.3 Å². The number of benzene rings is 4. The predicted molar refractivity (Wildman–Crippen MR) is 185 cm³/mol. The third-order valence-electron chi connectivity index (χ3n) is 8.29. The molecule has 48 heavy (non-hydrogen) atoms. The molecule has 5 rings (SSSR count). The van der Waals surface area contributed by atoms with Gasteiger partial charge in [-0.1, -0.05) is 90.6 Å². The number of nitro groups is 1. The maximum atomic E-state index is 14.6. The molecule has 1 N–H and O–H groups in total. The van der Waals surface area contributed by atoms with Gasteiger partial charge in [-0.25, -0.2) is 8.42 Å². The second-order valence-corrected chi connectivity index (χ2v) is 14.3. The van der Waals surface area contributed by atoms with Gasteiger partial charge in [0, 0.05) is 41.2 Å². The number of rotatable bonds is 13. The zero-order valence-corrected chi connectivity index (χ0v) is 28.2. The third kappa shape index (κ3) is 8.52. The lowest BCUT2D eigenvalue weighted by Crippen LogP contribution is -2.54. The second-order valence-electron chi connectivity index (χ2n) is 11.6. The first kappa shape index (κ1) is 34.9. The monoisotopic (exact) mass is 708 g/mol. The van der Waals surface area contributed by atoms with Gasteiger partial charge in [-0.05, 0) is 60.4 Å². The predicted octanol–water partition coefficient (Wildman–Crippen LogP) is 6.80. The fourth-order valence-electron chi connectivity index (χ4n) is 5.74. The zero-order valence-electron chi connectivity index (χ0n) is 25.9. The highest BCUT2D eigenvalue weighted by Gasteiger charge is 2.36. The lowest BCUT2D eigenvalue weighted by molar-refractivity contribution is -0.384. The fraction of sp³-hybridized carbons (Fsp3) is 0.257. The molecule has 4 aromatic rings. The van der Waals surface area contributed by atoms with Gasteiger partial charge in [0.25, 0.3) is 15.7 Å². The fourth-order valence-corrected chi connectivity index (χ4v) is 7.65. The van der Waals surface area contributed by atoms with Crippen LogP contribution in [0.15, 0.2) is 108 Å². The number of non-ortho nitro benzene ring substituents is 1. The van der Waals surface area contributed by atoms with Crippen LogP contribution in [0.25, 0.3) is 0 Å². The quantitative estimate of drug-likeness (QED) is 0.120. The molecule has 250 valence electrons. The van der Waals surface area contributed by atoms with E-state index in [0.717, 1.165) is 35.6 Å². The first-order valence-corrected chi connectivity index (χ1v) is 17.6. The van der Waals surface area contributed by atoms with Crippen molar-refractivity contribution >= 4 is 56.4 Å². The molecule has 2 amide bonds. The van der Waals surface area contributed by atoms with Gasteiger partial charge in [0.15, 0.2) is 0 Å². The Hall–Kier alpha value is -4.45. The summed E-state index contributed by atoms with van der Waals surface area (Å²) in [6.07, 6.45) is 3.77. The van der Waals surface area contributed by atoms with E-state index in [2.05, 4.69) is 5.32 Å². The van der Waals surface area contributed by atoms with Crippen molar-refractivity contribution in [3.63, 3.8) is 0 Å². The molecular formula is C35H34Cl2N4O6S. The molecule has 0 heterocycles. The summed E-state index contributed by atoms with van der Waals surface area (Å²) in [6, 6.07) is 25.5. The average molecular weight is 710 g/mol. The Kier molecular flexibility index (Phi) is 11.4. The lowest BCUT2D eigenvalue weighted by Gasteiger charge is -2.34. The van der Waals surface area contributed by atoms with Crippen molar-refractivity contribution in [1.29, 1.82) is 0 Å². The lowest BCUT2D eigenvalue weighted by atomic mass is 10.0. The topological polar surface area (TPSA) is 130 Å². The third-order valence-corrected chi connectivity index (χ3v) is 10.7. The van der Waals surface area contributed by atoms with E-state index >= 15 is 0 Å². The smallest absolute Gasteiger partial charge is 0.269 e. The van der Waals surface area contributed by atoms with Crippen molar-refractivity contribution in [3.05, 3.63) is 134 Å². The van der Waals surface area contributed by atoms with Crippen molar-refractivity contribution in [2.24, 2.45) is 0 Å². The number of amides is 2. The van der Waals surface area contributed by atoms with Gasteiger partial charge >= 0.3 is 0 Å². The Balaban J connectivity index is 1.58. The summed E-state index contributed by atoms with van der Waals surface area (Å²) in [7, 11) is -4.35. The van der Waals surface area contributed by atoms with Crippen LogP contribution in [-0.4, -0.2) is 48.7 Å². The minimum Gasteiger partial charge on any atom is -0.352 e. The van der Waals surface area contributed by atoms with Gasteiger partial charge in [-0.15, -0.1) is 0 Å². The summed E-state index contributed by atoms with van der Waals surface area (Å²) in [6.45, 7) is -0.827. The molecule has 1 aliphatic rings. The number of nitro benzene ring substituents is 1. The van der Waals surface area contributed by atoms with Gasteiger partial charge in [0.2, 0.25) is 11.8 Å². The molecule has 0 aliphatic heterocycles. The summed E-state index contributed by atoms with van der Waals surface area (Å²) in [5, 5.41) is 15.1. The normalized spacial score (nSPS) is 13.9. The maximum Gasteiger partial charge on any atom is 0.269 e. The molecule has 0 saturated heterocycles. The highest BCUT2D eigenvalue weighted by molar-refractivity contribution is 7.92. The maximum absolute atomic E-state index is 14.6. The highest BCUT2D eigenvalue weighted by Crippen LogP contribution is 2.29. The number of anilines is 1. The number of nitrogens with one attached hydrogen (secondary N) is 1. The Morgan fingerprint density at radius 2 is 1.52 bits per heavy atom. The van der Waals surface area contributed by atoms with Crippen molar-refractivity contribution in [3.8, 4) is 0 Å². The molecule has 0 bridgehead atoms. The number of halogens is 2. The summed E-state index contributed by atoms with van der Waals surface area (Å²) >= 11 is 12.7. The van der Waals surface area contributed by atoms with Crippen molar-refractivity contribution in [2.75, 3.05) is 10.8 Å². The van der Waals surface area contributed by atoms with E-state index in [4.69, 9.17) is 23.2 Å². The molecule has 13 heteroatoms. The molecule has 10 nitrogen and oxygen atoms in total. The van der Waals surface area contributed by atoms with E-state index in [-0.39, 0.29) is 46.2 Å². The Morgan fingerprint density at radius 3 is 2.12 bits per heavy atom. The Morgan fingerprint density at radius 1 is 0.896 bits per heavy atom. The second kappa shape index (κ2) is 15.6. The molecule has 1 aliphatic carbocycles. The van der Waals surface area contributed by atoms with E-state index in [1.165, 1.54) is 47.4 Å². The Bertz CT molecular complexity index is 1860. The molecule has 1 unspecified atom stereocenters. The summed E-state index contributed by atoms with van der Waals surface area (Å²) in [5.74, 6) is -1.04. The van der Waals surface area contributed by atoms with Crippen molar-refractivity contribution < 1.29 is 22.9 Å². The first-order valence-electron chi connectivity index (χ1n) is 15.4. The Labute approximate surface area is 289 Å². The highest BCUT2D eigenvalue weighted by atomic mass is 35.5. The van der Waals surface area contributed by atoms with Crippen molar-refractivity contribution in [1.82, 2.24) is 10.2 Å². The van der Waals surface area contributed by atoms with Crippen LogP contribution < -0.4 is 9.62 Å². The SMILES string of the molecule is O=C(NC1CCCC1)C(Cc1ccccc1)N(Cc1ccc(Cl)cc1Cl)C(=O)CN(c1ccc([N+](=O)[O-])cc1)S(=O)(=O)c1ccccc1. The molecule has 1 fully saturated rings.